The number of amides is 1. The lowest BCUT2D eigenvalue weighted by Crippen LogP contribution is -2.07. The molecule has 0 spiro atoms. The highest BCUT2D eigenvalue weighted by molar-refractivity contribution is 6.01. The molecule has 0 bridgehead atoms. The number of carbonyl (C=O) groups excluding carboxylic acids is 1. The second kappa shape index (κ2) is 7.22. The number of aromatic nitrogens is 2. The van der Waals surface area contributed by atoms with Crippen molar-refractivity contribution < 1.29 is 4.79 Å². The van der Waals surface area contributed by atoms with Crippen LogP contribution in [0, 0.1) is 0 Å². The molecule has 0 saturated carbocycles. The standard InChI is InChI=1S/C19H17N3O/c23-19(21-18-9-5-2-6-10-18)12-11-17-13-20-22(15-17)14-16-7-3-1-4-8-16/h1-13,15H,14H2,(H,21,23)/b12-11+. The number of nitrogens with one attached hydrogen (secondary N) is 1. The molecule has 0 aliphatic rings. The van der Waals surface area contributed by atoms with Gasteiger partial charge in [-0.25, -0.2) is 0 Å². The van der Waals surface area contributed by atoms with E-state index in [4.69, 9.17) is 0 Å². The van der Waals surface area contributed by atoms with Crippen molar-refractivity contribution in [3.05, 3.63) is 90.3 Å². The Morgan fingerprint density at radius 1 is 1.04 bits per heavy atom. The maximum Gasteiger partial charge on any atom is 0.248 e. The molecule has 0 atom stereocenters. The summed E-state index contributed by atoms with van der Waals surface area (Å²) in [5.74, 6) is -0.160. The minimum atomic E-state index is -0.160. The molecule has 114 valence electrons. The second-order valence-corrected chi connectivity index (χ2v) is 5.15. The zero-order valence-corrected chi connectivity index (χ0v) is 12.6. The third kappa shape index (κ3) is 4.41. The van der Waals surface area contributed by atoms with Crippen LogP contribution in [-0.2, 0) is 11.3 Å². The molecule has 3 aromatic rings. The molecular weight excluding hydrogens is 286 g/mol. The van der Waals surface area contributed by atoms with Crippen molar-refractivity contribution in [3.8, 4) is 0 Å². The summed E-state index contributed by atoms with van der Waals surface area (Å²) in [4.78, 5) is 11.9. The quantitative estimate of drug-likeness (QED) is 0.732. The summed E-state index contributed by atoms with van der Waals surface area (Å²) in [6.07, 6.45) is 6.93. The Morgan fingerprint density at radius 3 is 2.48 bits per heavy atom. The molecule has 0 fully saturated rings. The molecule has 23 heavy (non-hydrogen) atoms. The van der Waals surface area contributed by atoms with Gasteiger partial charge < -0.3 is 5.32 Å². The van der Waals surface area contributed by atoms with E-state index in [9.17, 15) is 4.79 Å². The molecule has 1 amide bonds. The molecule has 1 heterocycles. The molecular formula is C19H17N3O. The van der Waals surface area contributed by atoms with Crippen molar-refractivity contribution in [3.63, 3.8) is 0 Å². The Kier molecular flexibility index (Phi) is 4.64. The number of rotatable bonds is 5. The smallest absolute Gasteiger partial charge is 0.248 e. The van der Waals surface area contributed by atoms with Gasteiger partial charge in [0.1, 0.15) is 0 Å². The van der Waals surface area contributed by atoms with Crippen LogP contribution >= 0.6 is 0 Å². The first kappa shape index (κ1) is 14.8. The maximum atomic E-state index is 11.9. The largest absolute Gasteiger partial charge is 0.323 e. The van der Waals surface area contributed by atoms with Crippen LogP contribution in [0.5, 0.6) is 0 Å². The SMILES string of the molecule is O=C(/C=C/c1cnn(Cc2ccccc2)c1)Nc1ccccc1. The lowest BCUT2D eigenvalue weighted by atomic mass is 10.2. The molecule has 1 N–H and O–H groups in total. The van der Waals surface area contributed by atoms with Crippen LogP contribution in [-0.4, -0.2) is 15.7 Å². The van der Waals surface area contributed by atoms with Crippen LogP contribution < -0.4 is 5.32 Å². The van der Waals surface area contributed by atoms with Gasteiger partial charge in [-0.3, -0.25) is 9.48 Å². The average molecular weight is 303 g/mol. The summed E-state index contributed by atoms with van der Waals surface area (Å²) in [5, 5.41) is 7.11. The topological polar surface area (TPSA) is 46.9 Å². The normalized spacial score (nSPS) is 10.8. The lowest BCUT2D eigenvalue weighted by Gasteiger charge is -2.00. The Morgan fingerprint density at radius 2 is 1.74 bits per heavy atom. The van der Waals surface area contributed by atoms with E-state index in [1.807, 2.05) is 59.4 Å². The van der Waals surface area contributed by atoms with E-state index in [1.54, 1.807) is 12.3 Å². The number of anilines is 1. The van der Waals surface area contributed by atoms with Crippen LogP contribution in [0.3, 0.4) is 0 Å². The van der Waals surface area contributed by atoms with Gasteiger partial charge in [0.2, 0.25) is 5.91 Å². The number of benzene rings is 2. The number of carbonyl (C=O) groups is 1. The van der Waals surface area contributed by atoms with E-state index in [1.165, 1.54) is 11.6 Å². The maximum absolute atomic E-state index is 11.9. The molecule has 0 aliphatic carbocycles. The highest BCUT2D eigenvalue weighted by atomic mass is 16.1. The molecule has 0 saturated heterocycles. The average Bonchev–Trinajstić information content (AvgIpc) is 3.02. The minimum Gasteiger partial charge on any atom is -0.323 e. The Labute approximate surface area is 135 Å². The van der Waals surface area contributed by atoms with Crippen LogP contribution in [0.2, 0.25) is 0 Å². The first-order chi connectivity index (χ1) is 11.3. The van der Waals surface area contributed by atoms with Gasteiger partial charge in [-0.1, -0.05) is 48.5 Å². The third-order valence-electron chi connectivity index (χ3n) is 3.31. The highest BCUT2D eigenvalue weighted by Crippen LogP contribution is 2.07. The van der Waals surface area contributed by atoms with Crippen LogP contribution in [0.15, 0.2) is 79.1 Å². The number of hydrogen-bond acceptors (Lipinski definition) is 2. The molecule has 4 nitrogen and oxygen atoms in total. The van der Waals surface area contributed by atoms with Gasteiger partial charge >= 0.3 is 0 Å². The molecule has 2 aromatic carbocycles. The van der Waals surface area contributed by atoms with Crippen molar-refractivity contribution in [2.75, 3.05) is 5.32 Å². The van der Waals surface area contributed by atoms with Crippen molar-refractivity contribution >= 4 is 17.7 Å². The third-order valence-corrected chi connectivity index (χ3v) is 3.31. The Bertz CT molecular complexity index is 792. The van der Waals surface area contributed by atoms with E-state index in [2.05, 4.69) is 22.5 Å². The molecule has 0 unspecified atom stereocenters. The summed E-state index contributed by atoms with van der Waals surface area (Å²) in [6.45, 7) is 0.713. The molecule has 1 aromatic heterocycles. The number of para-hydroxylation sites is 1. The van der Waals surface area contributed by atoms with E-state index in [0.29, 0.717) is 6.54 Å². The molecule has 3 rings (SSSR count). The second-order valence-electron chi connectivity index (χ2n) is 5.15. The fourth-order valence-corrected chi connectivity index (χ4v) is 2.20. The first-order valence-electron chi connectivity index (χ1n) is 7.40. The highest BCUT2D eigenvalue weighted by Gasteiger charge is 1.99. The molecule has 0 radical (unpaired) electrons. The first-order valence-corrected chi connectivity index (χ1v) is 7.40. The van der Waals surface area contributed by atoms with Crippen LogP contribution in [0.25, 0.3) is 6.08 Å². The van der Waals surface area contributed by atoms with Crippen molar-refractivity contribution in [1.82, 2.24) is 9.78 Å². The summed E-state index contributed by atoms with van der Waals surface area (Å²) in [6, 6.07) is 19.5. The summed E-state index contributed by atoms with van der Waals surface area (Å²) in [7, 11) is 0. The predicted octanol–water partition coefficient (Wildman–Crippen LogP) is 3.58. The number of hydrogen-bond donors (Lipinski definition) is 1. The van der Waals surface area contributed by atoms with E-state index >= 15 is 0 Å². The zero-order chi connectivity index (χ0) is 15.9. The fourth-order valence-electron chi connectivity index (χ4n) is 2.20. The van der Waals surface area contributed by atoms with Crippen LogP contribution in [0.1, 0.15) is 11.1 Å². The van der Waals surface area contributed by atoms with Gasteiger partial charge in [0.15, 0.2) is 0 Å². The van der Waals surface area contributed by atoms with Gasteiger partial charge in [0.25, 0.3) is 0 Å². The van der Waals surface area contributed by atoms with Crippen molar-refractivity contribution in [2.45, 2.75) is 6.54 Å². The molecule has 4 heteroatoms. The summed E-state index contributed by atoms with van der Waals surface area (Å²) >= 11 is 0. The lowest BCUT2D eigenvalue weighted by molar-refractivity contribution is -0.111. The summed E-state index contributed by atoms with van der Waals surface area (Å²) in [5.41, 5.74) is 2.86. The summed E-state index contributed by atoms with van der Waals surface area (Å²) < 4.78 is 1.85. The Hall–Kier alpha value is -3.14. The van der Waals surface area contributed by atoms with Gasteiger partial charge in [-0.2, -0.15) is 5.10 Å². The van der Waals surface area contributed by atoms with Crippen molar-refractivity contribution in [1.29, 1.82) is 0 Å². The van der Waals surface area contributed by atoms with Gasteiger partial charge in [-0.05, 0) is 23.8 Å². The van der Waals surface area contributed by atoms with E-state index in [-0.39, 0.29) is 5.91 Å². The van der Waals surface area contributed by atoms with Gasteiger partial charge in [0.05, 0.1) is 12.7 Å². The monoisotopic (exact) mass is 303 g/mol. The minimum absolute atomic E-state index is 0.160. The van der Waals surface area contributed by atoms with Crippen LogP contribution in [0.4, 0.5) is 5.69 Å². The Balaban J connectivity index is 1.59. The fraction of sp³-hybridized carbons (Fsp3) is 0.0526. The van der Waals surface area contributed by atoms with Gasteiger partial charge in [-0.15, -0.1) is 0 Å². The van der Waals surface area contributed by atoms with Crippen molar-refractivity contribution in [2.24, 2.45) is 0 Å². The van der Waals surface area contributed by atoms with Gasteiger partial charge in [0, 0.05) is 23.5 Å². The predicted molar refractivity (Wildman–Crippen MR) is 91.9 cm³/mol. The number of nitrogens with zero attached hydrogens (tertiary/aromatic N) is 2. The molecule has 0 aliphatic heterocycles. The van der Waals surface area contributed by atoms with E-state index < -0.39 is 0 Å². The zero-order valence-electron chi connectivity index (χ0n) is 12.6. The van der Waals surface area contributed by atoms with E-state index in [0.717, 1.165) is 11.3 Å².